The number of alkyl halides is 2. The van der Waals surface area contributed by atoms with Crippen molar-refractivity contribution in [2.45, 2.75) is 84.1 Å². The summed E-state index contributed by atoms with van der Waals surface area (Å²) in [5.74, 6) is -3.43. The van der Waals surface area contributed by atoms with E-state index in [1.807, 2.05) is 0 Å². The van der Waals surface area contributed by atoms with Crippen LogP contribution in [-0.2, 0) is 11.2 Å². The summed E-state index contributed by atoms with van der Waals surface area (Å²) in [7, 11) is 0. The molecule has 1 aliphatic carbocycles. The lowest BCUT2D eigenvalue weighted by Gasteiger charge is -2.23. The zero-order chi connectivity index (χ0) is 21.3. The molecule has 0 aromatic heterocycles. The molecule has 0 bridgehead atoms. The number of halogens is 4. The predicted octanol–water partition coefficient (Wildman–Crippen LogP) is 6.06. The second-order valence-corrected chi connectivity index (χ2v) is 7.85. The summed E-state index contributed by atoms with van der Waals surface area (Å²) >= 11 is 0. The summed E-state index contributed by atoms with van der Waals surface area (Å²) in [6.07, 6.45) is 4.67. The SMILES string of the molecule is CC(=O)C1CCC(F)(F)C1.CCCC(CCC)C(N)Cc1cc(F)ccc1F. The van der Waals surface area contributed by atoms with Gasteiger partial charge in [0.25, 0.3) is 0 Å². The van der Waals surface area contributed by atoms with Gasteiger partial charge in [-0.2, -0.15) is 0 Å². The quantitative estimate of drug-likeness (QED) is 0.536. The second-order valence-electron chi connectivity index (χ2n) is 7.85. The molecule has 28 heavy (non-hydrogen) atoms. The van der Waals surface area contributed by atoms with Crippen molar-refractivity contribution in [1.29, 1.82) is 0 Å². The number of ketones is 1. The molecule has 1 aromatic carbocycles. The van der Waals surface area contributed by atoms with Gasteiger partial charge in [-0.1, -0.05) is 26.7 Å². The van der Waals surface area contributed by atoms with E-state index >= 15 is 0 Å². The lowest BCUT2D eigenvalue weighted by molar-refractivity contribution is -0.121. The minimum atomic E-state index is -2.57. The zero-order valence-corrected chi connectivity index (χ0v) is 17.1. The third kappa shape index (κ3) is 8.29. The fourth-order valence-corrected chi connectivity index (χ4v) is 3.73. The van der Waals surface area contributed by atoms with Gasteiger partial charge >= 0.3 is 0 Å². The molecule has 0 spiro atoms. The van der Waals surface area contributed by atoms with E-state index in [1.54, 1.807) is 0 Å². The summed E-state index contributed by atoms with van der Waals surface area (Å²) in [6, 6.07) is 3.47. The van der Waals surface area contributed by atoms with E-state index < -0.39 is 11.7 Å². The van der Waals surface area contributed by atoms with E-state index in [-0.39, 0.29) is 36.4 Å². The standard InChI is InChI=1S/C15H23F2N.C7H10F2O/c1-3-5-11(6-4-2)15(18)10-12-9-13(16)7-8-14(12)17;1-5(10)6-2-3-7(8,9)4-6/h7-9,11,15H,3-6,10,18H2,1-2H3;6H,2-4H2,1H3. The van der Waals surface area contributed by atoms with Gasteiger partial charge in [-0.05, 0) is 62.3 Å². The fraction of sp³-hybridized carbons (Fsp3) is 0.682. The molecule has 0 aliphatic heterocycles. The summed E-state index contributed by atoms with van der Waals surface area (Å²) in [5, 5.41) is 0. The van der Waals surface area contributed by atoms with Crippen LogP contribution >= 0.6 is 0 Å². The lowest BCUT2D eigenvalue weighted by atomic mass is 9.87. The summed E-state index contributed by atoms with van der Waals surface area (Å²) in [6.45, 7) is 5.63. The molecule has 0 radical (unpaired) electrons. The average molecular weight is 404 g/mol. The van der Waals surface area contributed by atoms with Gasteiger partial charge in [0, 0.05) is 24.8 Å². The Morgan fingerprint density at radius 3 is 2.25 bits per heavy atom. The van der Waals surface area contributed by atoms with E-state index in [0.717, 1.165) is 31.7 Å². The maximum Gasteiger partial charge on any atom is 0.248 e. The third-order valence-corrected chi connectivity index (χ3v) is 5.37. The van der Waals surface area contributed by atoms with Crippen LogP contribution in [0, 0.1) is 23.5 Å². The first-order valence-corrected chi connectivity index (χ1v) is 10.2. The molecule has 0 saturated heterocycles. The highest BCUT2D eigenvalue weighted by Gasteiger charge is 2.40. The van der Waals surface area contributed by atoms with E-state index in [0.29, 0.717) is 24.3 Å². The van der Waals surface area contributed by atoms with Crippen LogP contribution in [0.3, 0.4) is 0 Å². The monoisotopic (exact) mass is 403 g/mol. The fourth-order valence-electron chi connectivity index (χ4n) is 3.73. The molecule has 2 rings (SSSR count). The first kappa shape index (κ1) is 24.6. The number of hydrogen-bond acceptors (Lipinski definition) is 2. The lowest BCUT2D eigenvalue weighted by Crippen LogP contribution is -2.32. The van der Waals surface area contributed by atoms with E-state index in [1.165, 1.54) is 19.1 Å². The average Bonchev–Trinajstić information content (AvgIpc) is 2.99. The summed E-state index contributed by atoms with van der Waals surface area (Å²) in [5.41, 5.74) is 6.54. The van der Waals surface area contributed by atoms with E-state index in [9.17, 15) is 22.4 Å². The van der Waals surface area contributed by atoms with Gasteiger partial charge in [0.2, 0.25) is 5.92 Å². The Labute approximate surface area is 165 Å². The molecule has 1 saturated carbocycles. The number of hydrogen-bond donors (Lipinski definition) is 1. The van der Waals surface area contributed by atoms with Crippen LogP contribution in [0.4, 0.5) is 17.6 Å². The first-order valence-electron chi connectivity index (χ1n) is 10.2. The number of Topliss-reactive ketones (excluding diaryl/α,β-unsaturated/α-hetero) is 1. The Morgan fingerprint density at radius 1 is 1.21 bits per heavy atom. The number of nitrogens with two attached hydrogens (primary N) is 1. The number of benzene rings is 1. The Hall–Kier alpha value is -1.43. The van der Waals surface area contributed by atoms with Crippen LogP contribution in [0.5, 0.6) is 0 Å². The molecular formula is C22H33F4NO. The van der Waals surface area contributed by atoms with Crippen LogP contribution in [0.1, 0.15) is 71.3 Å². The van der Waals surface area contributed by atoms with Gasteiger partial charge in [0.1, 0.15) is 17.4 Å². The molecule has 6 heteroatoms. The molecular weight excluding hydrogens is 370 g/mol. The Morgan fingerprint density at radius 2 is 1.82 bits per heavy atom. The van der Waals surface area contributed by atoms with Gasteiger partial charge in [-0.3, -0.25) is 4.79 Å². The topological polar surface area (TPSA) is 43.1 Å². The van der Waals surface area contributed by atoms with Crippen molar-refractivity contribution >= 4 is 5.78 Å². The van der Waals surface area contributed by atoms with Gasteiger partial charge in [0.15, 0.2) is 0 Å². The Bertz CT molecular complexity index is 615. The summed E-state index contributed by atoms with van der Waals surface area (Å²) in [4.78, 5) is 10.6. The van der Waals surface area contributed by atoms with E-state index in [4.69, 9.17) is 5.73 Å². The van der Waals surface area contributed by atoms with Crippen molar-refractivity contribution in [3.63, 3.8) is 0 Å². The van der Waals surface area contributed by atoms with Crippen molar-refractivity contribution < 1.29 is 22.4 Å². The molecule has 2 unspecified atom stereocenters. The van der Waals surface area contributed by atoms with Crippen LogP contribution in [-0.4, -0.2) is 17.7 Å². The minimum absolute atomic E-state index is 0.0961. The highest BCUT2D eigenvalue weighted by atomic mass is 19.3. The van der Waals surface area contributed by atoms with Crippen molar-refractivity contribution in [3.05, 3.63) is 35.4 Å². The van der Waals surface area contributed by atoms with Crippen LogP contribution in [0.2, 0.25) is 0 Å². The third-order valence-electron chi connectivity index (χ3n) is 5.37. The normalized spacial score (nSPS) is 19.2. The van der Waals surface area contributed by atoms with Gasteiger partial charge in [-0.25, -0.2) is 17.6 Å². The molecule has 160 valence electrons. The first-order chi connectivity index (χ1) is 13.1. The predicted molar refractivity (Wildman–Crippen MR) is 104 cm³/mol. The van der Waals surface area contributed by atoms with Crippen molar-refractivity contribution in [2.75, 3.05) is 0 Å². The Balaban J connectivity index is 0.000000330. The minimum Gasteiger partial charge on any atom is -0.327 e. The van der Waals surface area contributed by atoms with Crippen molar-refractivity contribution in [3.8, 4) is 0 Å². The Kier molecular flexibility index (Phi) is 10.1. The molecule has 0 heterocycles. The highest BCUT2D eigenvalue weighted by molar-refractivity contribution is 5.78. The maximum absolute atomic E-state index is 13.5. The molecule has 2 nitrogen and oxygen atoms in total. The van der Waals surface area contributed by atoms with Crippen molar-refractivity contribution in [2.24, 2.45) is 17.6 Å². The number of carbonyl (C=O) groups is 1. The van der Waals surface area contributed by atoms with Crippen molar-refractivity contribution in [1.82, 2.24) is 0 Å². The zero-order valence-electron chi connectivity index (χ0n) is 17.1. The number of rotatable bonds is 8. The number of carbonyl (C=O) groups excluding carboxylic acids is 1. The molecule has 2 atom stereocenters. The molecule has 1 fully saturated rings. The van der Waals surface area contributed by atoms with Gasteiger partial charge < -0.3 is 5.73 Å². The highest BCUT2D eigenvalue weighted by Crippen LogP contribution is 2.38. The molecule has 2 N–H and O–H groups in total. The second kappa shape index (κ2) is 11.5. The maximum atomic E-state index is 13.5. The van der Waals surface area contributed by atoms with Crippen LogP contribution < -0.4 is 5.73 Å². The van der Waals surface area contributed by atoms with Gasteiger partial charge in [0.05, 0.1) is 0 Å². The largest absolute Gasteiger partial charge is 0.327 e. The molecule has 1 aliphatic rings. The van der Waals surface area contributed by atoms with Gasteiger partial charge in [-0.15, -0.1) is 0 Å². The van der Waals surface area contributed by atoms with Crippen LogP contribution in [0.15, 0.2) is 18.2 Å². The molecule has 1 aromatic rings. The van der Waals surface area contributed by atoms with E-state index in [2.05, 4.69) is 13.8 Å². The smallest absolute Gasteiger partial charge is 0.248 e. The summed E-state index contributed by atoms with van der Waals surface area (Å²) < 4.78 is 51.4. The molecule has 0 amide bonds. The van der Waals surface area contributed by atoms with Crippen LogP contribution in [0.25, 0.3) is 0 Å².